The first kappa shape index (κ1) is 32.2. The summed E-state index contributed by atoms with van der Waals surface area (Å²) in [4.78, 5) is 27.4. The molecule has 0 radical (unpaired) electrons. The van der Waals surface area contributed by atoms with E-state index in [0.717, 1.165) is 11.3 Å². The van der Waals surface area contributed by atoms with Crippen LogP contribution in [0.4, 0.5) is 4.39 Å². The Morgan fingerprint density at radius 3 is 1.96 bits per heavy atom. The lowest BCUT2D eigenvalue weighted by Crippen LogP contribution is -2.33. The van der Waals surface area contributed by atoms with E-state index in [4.69, 9.17) is 19.3 Å². The standard InChI is InChI=1S/C37H38FN3O5/c1-22(2)45-36(42)32-24(5)39-25(6)33(37(43)46-23(3)4)34(32)30-20-41(28-13-8-7-9-14-28)40-35(30)26-16-18-29(19-17-26)44-21-27-12-10-11-15-31(27)38/h7-20,22-23,34,39H,21H2,1-6H3. The number of aromatic nitrogens is 2. The van der Waals surface area contributed by atoms with Gasteiger partial charge in [0.15, 0.2) is 0 Å². The van der Waals surface area contributed by atoms with E-state index < -0.39 is 17.9 Å². The quantitative estimate of drug-likeness (QED) is 0.184. The number of carbonyl (C=O) groups excluding carboxylic acids is 2. The summed E-state index contributed by atoms with van der Waals surface area (Å²) in [5, 5.41) is 8.19. The number of para-hydroxylation sites is 1. The summed E-state index contributed by atoms with van der Waals surface area (Å²) in [7, 11) is 0. The molecule has 238 valence electrons. The molecule has 0 fully saturated rings. The third kappa shape index (κ3) is 7.04. The molecule has 0 unspecified atom stereocenters. The van der Waals surface area contributed by atoms with Crippen molar-refractivity contribution in [3.05, 3.63) is 125 Å². The Kier molecular flexibility index (Phi) is 9.70. The van der Waals surface area contributed by atoms with Gasteiger partial charge in [0.05, 0.1) is 40.7 Å². The normalized spacial score (nSPS) is 13.7. The molecule has 0 spiro atoms. The van der Waals surface area contributed by atoms with Crippen LogP contribution in [0.25, 0.3) is 16.9 Å². The van der Waals surface area contributed by atoms with Crippen LogP contribution in [0.5, 0.6) is 5.75 Å². The maximum Gasteiger partial charge on any atom is 0.337 e. The van der Waals surface area contributed by atoms with Gasteiger partial charge in [-0.05, 0) is 84.0 Å². The van der Waals surface area contributed by atoms with Crippen LogP contribution in [0.3, 0.4) is 0 Å². The van der Waals surface area contributed by atoms with Crippen LogP contribution in [0.2, 0.25) is 0 Å². The molecular formula is C37H38FN3O5. The minimum atomic E-state index is -0.844. The summed E-state index contributed by atoms with van der Waals surface area (Å²) >= 11 is 0. The topological polar surface area (TPSA) is 91.7 Å². The largest absolute Gasteiger partial charge is 0.489 e. The van der Waals surface area contributed by atoms with Crippen LogP contribution in [0.15, 0.2) is 108 Å². The molecule has 9 heteroatoms. The Balaban J connectivity index is 1.64. The molecule has 1 aliphatic heterocycles. The van der Waals surface area contributed by atoms with Crippen LogP contribution in [0, 0.1) is 5.82 Å². The SMILES string of the molecule is CC1=C(C(=O)OC(C)C)C(c2cn(-c3ccccc3)nc2-c2ccc(OCc3ccccc3F)cc2)C(C(=O)OC(C)C)=C(C)N1. The number of ether oxygens (including phenoxy) is 3. The second-order valence-electron chi connectivity index (χ2n) is 11.7. The minimum absolute atomic E-state index is 0.0752. The zero-order chi connectivity index (χ0) is 33.0. The van der Waals surface area contributed by atoms with Crippen molar-refractivity contribution in [2.75, 3.05) is 0 Å². The number of halogens is 1. The maximum absolute atomic E-state index is 14.1. The molecular weight excluding hydrogens is 585 g/mol. The van der Waals surface area contributed by atoms with Gasteiger partial charge in [0.1, 0.15) is 18.2 Å². The third-order valence-electron chi connectivity index (χ3n) is 7.44. The predicted molar refractivity (Wildman–Crippen MR) is 173 cm³/mol. The number of hydrogen-bond donors (Lipinski definition) is 1. The molecule has 5 rings (SSSR count). The number of hydrogen-bond acceptors (Lipinski definition) is 7. The van der Waals surface area contributed by atoms with Crippen LogP contribution in [0.1, 0.15) is 58.6 Å². The second kappa shape index (κ2) is 13.9. The fourth-order valence-electron chi connectivity index (χ4n) is 5.42. The third-order valence-corrected chi connectivity index (χ3v) is 7.44. The molecule has 1 aliphatic rings. The van der Waals surface area contributed by atoms with E-state index in [9.17, 15) is 14.0 Å². The lowest BCUT2D eigenvalue weighted by molar-refractivity contribution is -0.143. The zero-order valence-corrected chi connectivity index (χ0v) is 26.8. The molecule has 0 atom stereocenters. The van der Waals surface area contributed by atoms with Gasteiger partial charge < -0.3 is 19.5 Å². The number of rotatable bonds is 10. The summed E-state index contributed by atoms with van der Waals surface area (Å²) in [6.45, 7) is 10.8. The Morgan fingerprint density at radius 2 is 1.39 bits per heavy atom. The van der Waals surface area contributed by atoms with Gasteiger partial charge >= 0.3 is 11.9 Å². The molecule has 0 amide bonds. The molecule has 0 bridgehead atoms. The number of nitrogens with one attached hydrogen (secondary N) is 1. The smallest absolute Gasteiger partial charge is 0.337 e. The number of nitrogens with zero attached hydrogens (tertiary/aromatic N) is 2. The molecule has 0 saturated heterocycles. The molecule has 0 aliphatic carbocycles. The van der Waals surface area contributed by atoms with Crippen LogP contribution in [-0.4, -0.2) is 33.9 Å². The van der Waals surface area contributed by atoms with Gasteiger partial charge in [0, 0.05) is 34.3 Å². The number of dihydropyridines is 1. The monoisotopic (exact) mass is 623 g/mol. The number of benzene rings is 3. The van der Waals surface area contributed by atoms with Gasteiger partial charge in [-0.3, -0.25) is 0 Å². The summed E-state index contributed by atoms with van der Waals surface area (Å²) in [5.74, 6) is -1.71. The highest BCUT2D eigenvalue weighted by Crippen LogP contribution is 2.43. The average Bonchev–Trinajstić information content (AvgIpc) is 3.45. The molecule has 3 aromatic carbocycles. The Labute approximate surface area is 268 Å². The van der Waals surface area contributed by atoms with Crippen molar-refractivity contribution in [2.24, 2.45) is 0 Å². The summed E-state index contributed by atoms with van der Waals surface area (Å²) in [6, 6.07) is 23.3. The van der Waals surface area contributed by atoms with Crippen molar-refractivity contribution in [3.63, 3.8) is 0 Å². The van der Waals surface area contributed by atoms with Crippen molar-refractivity contribution >= 4 is 11.9 Å². The van der Waals surface area contributed by atoms with E-state index in [1.165, 1.54) is 6.07 Å². The summed E-state index contributed by atoms with van der Waals surface area (Å²) in [5.41, 5.74) is 4.90. The lowest BCUT2D eigenvalue weighted by Gasteiger charge is -2.31. The van der Waals surface area contributed by atoms with Gasteiger partial charge in [-0.2, -0.15) is 5.10 Å². The van der Waals surface area contributed by atoms with Crippen molar-refractivity contribution < 1.29 is 28.2 Å². The van der Waals surface area contributed by atoms with E-state index in [1.807, 2.05) is 48.7 Å². The van der Waals surface area contributed by atoms with Gasteiger partial charge in [-0.1, -0.05) is 36.4 Å². The first-order chi connectivity index (χ1) is 22.0. The molecule has 0 saturated carbocycles. The fourth-order valence-corrected chi connectivity index (χ4v) is 5.42. The van der Waals surface area contributed by atoms with Gasteiger partial charge in [-0.25, -0.2) is 18.7 Å². The molecule has 2 heterocycles. The lowest BCUT2D eigenvalue weighted by atomic mass is 9.79. The molecule has 8 nitrogen and oxygen atoms in total. The fraction of sp³-hybridized carbons (Fsp3) is 0.270. The number of carbonyl (C=O) groups is 2. The van der Waals surface area contributed by atoms with E-state index in [2.05, 4.69) is 5.32 Å². The minimum Gasteiger partial charge on any atom is -0.489 e. The molecule has 1 N–H and O–H groups in total. The Hall–Kier alpha value is -5.18. The molecule has 4 aromatic rings. The highest BCUT2D eigenvalue weighted by Gasteiger charge is 2.41. The number of esters is 2. The maximum atomic E-state index is 14.1. The van der Waals surface area contributed by atoms with Gasteiger partial charge in [-0.15, -0.1) is 0 Å². The van der Waals surface area contributed by atoms with Crippen LogP contribution >= 0.6 is 0 Å². The molecule has 1 aromatic heterocycles. The highest BCUT2D eigenvalue weighted by atomic mass is 19.1. The second-order valence-corrected chi connectivity index (χ2v) is 11.7. The highest BCUT2D eigenvalue weighted by molar-refractivity contribution is 6.00. The first-order valence-corrected chi connectivity index (χ1v) is 15.3. The zero-order valence-electron chi connectivity index (χ0n) is 26.8. The summed E-state index contributed by atoms with van der Waals surface area (Å²) < 4.78 is 33.1. The molecule has 46 heavy (non-hydrogen) atoms. The average molecular weight is 624 g/mol. The van der Waals surface area contributed by atoms with E-state index in [0.29, 0.717) is 45.1 Å². The van der Waals surface area contributed by atoms with Crippen molar-refractivity contribution in [2.45, 2.75) is 66.3 Å². The van der Waals surface area contributed by atoms with Crippen LogP contribution in [-0.2, 0) is 25.7 Å². The van der Waals surface area contributed by atoms with Crippen molar-refractivity contribution in [1.82, 2.24) is 15.1 Å². The number of allylic oxidation sites excluding steroid dienone is 2. The predicted octanol–water partition coefficient (Wildman–Crippen LogP) is 7.40. The Morgan fingerprint density at radius 1 is 0.826 bits per heavy atom. The van der Waals surface area contributed by atoms with Gasteiger partial charge in [0.2, 0.25) is 0 Å². The first-order valence-electron chi connectivity index (χ1n) is 15.3. The van der Waals surface area contributed by atoms with E-state index in [1.54, 1.807) is 76.6 Å². The van der Waals surface area contributed by atoms with Crippen molar-refractivity contribution in [1.29, 1.82) is 0 Å². The summed E-state index contributed by atoms with van der Waals surface area (Å²) in [6.07, 6.45) is 1.08. The van der Waals surface area contributed by atoms with Gasteiger partial charge in [0.25, 0.3) is 0 Å². The Bertz CT molecular complexity index is 1750. The van der Waals surface area contributed by atoms with Crippen molar-refractivity contribution in [3.8, 4) is 22.7 Å². The van der Waals surface area contributed by atoms with E-state index in [-0.39, 0.29) is 24.6 Å². The van der Waals surface area contributed by atoms with Crippen LogP contribution < -0.4 is 10.1 Å². The van der Waals surface area contributed by atoms with E-state index >= 15 is 0 Å².